The van der Waals surface area contributed by atoms with Crippen molar-refractivity contribution in [2.45, 2.75) is 45.0 Å². The SMILES string of the molecule is C=C(C)C1(O)CC(C)OC1C. The van der Waals surface area contributed by atoms with Gasteiger partial charge < -0.3 is 9.84 Å². The Hall–Kier alpha value is -0.340. The van der Waals surface area contributed by atoms with E-state index in [1.165, 1.54) is 0 Å². The average Bonchev–Trinajstić information content (AvgIpc) is 2.08. The van der Waals surface area contributed by atoms with Crippen molar-refractivity contribution in [2.24, 2.45) is 0 Å². The van der Waals surface area contributed by atoms with Gasteiger partial charge in [0.2, 0.25) is 0 Å². The first kappa shape index (κ1) is 8.75. The van der Waals surface area contributed by atoms with Gasteiger partial charge in [-0.05, 0) is 26.3 Å². The molecule has 0 amide bonds. The molecule has 0 radical (unpaired) electrons. The molecule has 0 bridgehead atoms. The van der Waals surface area contributed by atoms with E-state index in [0.717, 1.165) is 5.57 Å². The van der Waals surface area contributed by atoms with E-state index in [1.807, 2.05) is 20.8 Å². The van der Waals surface area contributed by atoms with Gasteiger partial charge in [-0.2, -0.15) is 0 Å². The normalized spacial score (nSPS) is 44.4. The molecule has 1 aliphatic rings. The van der Waals surface area contributed by atoms with Crippen LogP contribution in [0.3, 0.4) is 0 Å². The van der Waals surface area contributed by atoms with Crippen molar-refractivity contribution in [3.8, 4) is 0 Å². The third-order valence-corrected chi connectivity index (χ3v) is 2.45. The Bertz CT molecular complexity index is 176. The zero-order valence-corrected chi connectivity index (χ0v) is 7.42. The second-order valence-corrected chi connectivity index (χ2v) is 3.50. The topological polar surface area (TPSA) is 29.5 Å². The largest absolute Gasteiger partial charge is 0.383 e. The van der Waals surface area contributed by atoms with Gasteiger partial charge in [0.1, 0.15) is 5.60 Å². The molecule has 1 saturated heterocycles. The van der Waals surface area contributed by atoms with Crippen LogP contribution in [0.15, 0.2) is 12.2 Å². The third-order valence-electron chi connectivity index (χ3n) is 2.45. The zero-order chi connectivity index (χ0) is 8.65. The maximum atomic E-state index is 9.98. The van der Waals surface area contributed by atoms with Crippen LogP contribution in [0.25, 0.3) is 0 Å². The number of hydrogen-bond donors (Lipinski definition) is 1. The number of rotatable bonds is 1. The van der Waals surface area contributed by atoms with Crippen molar-refractivity contribution in [1.29, 1.82) is 0 Å². The van der Waals surface area contributed by atoms with Crippen LogP contribution in [-0.2, 0) is 4.74 Å². The van der Waals surface area contributed by atoms with Crippen molar-refractivity contribution in [3.05, 3.63) is 12.2 Å². The van der Waals surface area contributed by atoms with Gasteiger partial charge in [0.25, 0.3) is 0 Å². The number of aliphatic hydroxyl groups is 1. The second-order valence-electron chi connectivity index (χ2n) is 3.50. The molecule has 1 fully saturated rings. The molecule has 0 aromatic heterocycles. The first-order chi connectivity index (χ1) is 4.97. The summed E-state index contributed by atoms with van der Waals surface area (Å²) in [5.41, 5.74) is 0.00808. The maximum absolute atomic E-state index is 9.98. The molecular formula is C9H16O2. The lowest BCUT2D eigenvalue weighted by Crippen LogP contribution is -2.36. The maximum Gasteiger partial charge on any atom is 0.113 e. The van der Waals surface area contributed by atoms with Crippen molar-refractivity contribution in [2.75, 3.05) is 0 Å². The highest BCUT2D eigenvalue weighted by molar-refractivity contribution is 5.15. The van der Waals surface area contributed by atoms with Gasteiger partial charge in [-0.1, -0.05) is 6.58 Å². The summed E-state index contributed by atoms with van der Waals surface area (Å²) in [6, 6.07) is 0. The van der Waals surface area contributed by atoms with Crippen LogP contribution in [0.1, 0.15) is 27.2 Å². The quantitative estimate of drug-likeness (QED) is 0.583. The van der Waals surface area contributed by atoms with Crippen molar-refractivity contribution in [3.63, 3.8) is 0 Å². The van der Waals surface area contributed by atoms with E-state index in [0.29, 0.717) is 6.42 Å². The molecule has 11 heavy (non-hydrogen) atoms. The van der Waals surface area contributed by atoms with Crippen molar-refractivity contribution < 1.29 is 9.84 Å². The Labute approximate surface area is 67.9 Å². The van der Waals surface area contributed by atoms with Gasteiger partial charge >= 0.3 is 0 Å². The molecule has 0 saturated carbocycles. The highest BCUT2D eigenvalue weighted by Crippen LogP contribution is 2.35. The smallest absolute Gasteiger partial charge is 0.113 e. The molecule has 0 aromatic carbocycles. The first-order valence-corrected chi connectivity index (χ1v) is 4.00. The van der Waals surface area contributed by atoms with Gasteiger partial charge in [-0.25, -0.2) is 0 Å². The summed E-state index contributed by atoms with van der Waals surface area (Å²) < 4.78 is 5.43. The van der Waals surface area contributed by atoms with E-state index in [1.54, 1.807) is 0 Å². The minimum Gasteiger partial charge on any atom is -0.383 e. The van der Waals surface area contributed by atoms with Crippen LogP contribution >= 0.6 is 0 Å². The van der Waals surface area contributed by atoms with Crippen LogP contribution in [0.2, 0.25) is 0 Å². The Kier molecular flexibility index (Phi) is 2.08. The molecule has 2 heteroatoms. The molecule has 64 valence electrons. The molecule has 0 aromatic rings. The first-order valence-electron chi connectivity index (χ1n) is 4.00. The van der Waals surface area contributed by atoms with E-state index in [4.69, 9.17) is 4.74 Å². The molecule has 2 nitrogen and oxygen atoms in total. The monoisotopic (exact) mass is 156 g/mol. The molecule has 3 atom stereocenters. The molecular weight excluding hydrogens is 140 g/mol. The van der Waals surface area contributed by atoms with Gasteiger partial charge in [-0.3, -0.25) is 0 Å². The fourth-order valence-corrected chi connectivity index (χ4v) is 1.63. The summed E-state index contributed by atoms with van der Waals surface area (Å²) in [5, 5.41) is 9.98. The van der Waals surface area contributed by atoms with E-state index >= 15 is 0 Å². The van der Waals surface area contributed by atoms with Crippen molar-refractivity contribution in [1.82, 2.24) is 0 Å². The van der Waals surface area contributed by atoms with E-state index in [9.17, 15) is 5.11 Å². The Morgan fingerprint density at radius 3 is 2.36 bits per heavy atom. The van der Waals surface area contributed by atoms with E-state index in [-0.39, 0.29) is 12.2 Å². The summed E-state index contributed by atoms with van der Waals surface area (Å²) in [6.45, 7) is 9.47. The summed E-state index contributed by atoms with van der Waals surface area (Å²) >= 11 is 0. The highest BCUT2D eigenvalue weighted by atomic mass is 16.5. The predicted octanol–water partition coefficient (Wildman–Crippen LogP) is 1.49. The van der Waals surface area contributed by atoms with Crippen LogP contribution in [0, 0.1) is 0 Å². The summed E-state index contributed by atoms with van der Waals surface area (Å²) in [5.74, 6) is 0. The van der Waals surface area contributed by atoms with Gasteiger partial charge in [-0.15, -0.1) is 0 Å². The number of hydrogen-bond acceptors (Lipinski definition) is 2. The molecule has 1 rings (SSSR count). The fourth-order valence-electron chi connectivity index (χ4n) is 1.63. The van der Waals surface area contributed by atoms with Gasteiger partial charge in [0, 0.05) is 6.42 Å². The Morgan fingerprint density at radius 2 is 2.18 bits per heavy atom. The van der Waals surface area contributed by atoms with Gasteiger partial charge in [0.15, 0.2) is 0 Å². The predicted molar refractivity (Wildman–Crippen MR) is 44.4 cm³/mol. The van der Waals surface area contributed by atoms with Crippen molar-refractivity contribution >= 4 is 0 Å². The molecule has 0 spiro atoms. The molecule has 1 heterocycles. The number of ether oxygens (including phenoxy) is 1. The summed E-state index contributed by atoms with van der Waals surface area (Å²) in [4.78, 5) is 0. The minimum absolute atomic E-state index is 0.116. The average molecular weight is 156 g/mol. The Balaban J connectivity index is 2.79. The molecule has 1 aliphatic heterocycles. The standard InChI is InChI=1S/C9H16O2/c1-6(2)9(10)5-7(3)11-8(9)4/h7-8,10H,1,5H2,2-4H3. The second kappa shape index (κ2) is 2.61. The molecule has 3 unspecified atom stereocenters. The van der Waals surface area contributed by atoms with Crippen LogP contribution in [0.4, 0.5) is 0 Å². The summed E-state index contributed by atoms with van der Waals surface area (Å²) in [6.07, 6.45) is 0.699. The van der Waals surface area contributed by atoms with E-state index < -0.39 is 5.60 Å². The summed E-state index contributed by atoms with van der Waals surface area (Å²) in [7, 11) is 0. The van der Waals surface area contributed by atoms with Crippen LogP contribution < -0.4 is 0 Å². The third kappa shape index (κ3) is 1.33. The van der Waals surface area contributed by atoms with Crippen LogP contribution in [0.5, 0.6) is 0 Å². The minimum atomic E-state index is -0.792. The lowest BCUT2D eigenvalue weighted by atomic mass is 9.88. The Morgan fingerprint density at radius 1 is 1.64 bits per heavy atom. The van der Waals surface area contributed by atoms with E-state index in [2.05, 4.69) is 6.58 Å². The molecule has 0 aliphatic carbocycles. The fraction of sp³-hybridized carbons (Fsp3) is 0.778. The zero-order valence-electron chi connectivity index (χ0n) is 7.42. The van der Waals surface area contributed by atoms with Crippen LogP contribution in [-0.4, -0.2) is 22.9 Å². The lowest BCUT2D eigenvalue weighted by molar-refractivity contribution is -0.0125. The molecule has 1 N–H and O–H groups in total. The van der Waals surface area contributed by atoms with Gasteiger partial charge in [0.05, 0.1) is 12.2 Å². The highest BCUT2D eigenvalue weighted by Gasteiger charge is 2.43. The lowest BCUT2D eigenvalue weighted by Gasteiger charge is -2.25.